The zero-order valence-electron chi connectivity index (χ0n) is 16.2. The van der Waals surface area contributed by atoms with Crippen molar-refractivity contribution in [3.8, 4) is 5.75 Å². The molecule has 0 fully saturated rings. The molecule has 4 nitrogen and oxygen atoms in total. The number of carbonyl (C=O) groups is 1. The number of hydrogen-bond donors (Lipinski definition) is 0. The number of methoxy groups -OCH3 is 1. The lowest BCUT2D eigenvalue weighted by atomic mass is 10.1. The highest BCUT2D eigenvalue weighted by Crippen LogP contribution is 2.23. The first-order valence-corrected chi connectivity index (χ1v) is 8.65. The summed E-state index contributed by atoms with van der Waals surface area (Å²) < 4.78 is 10.8. The van der Waals surface area contributed by atoms with Crippen LogP contribution in [0.4, 0.5) is 10.5 Å². The van der Waals surface area contributed by atoms with Crippen LogP contribution in [0.2, 0.25) is 0 Å². The minimum absolute atomic E-state index is 0.372. The molecular formula is C22H27NO3. The molecule has 0 saturated heterocycles. The van der Waals surface area contributed by atoms with Crippen molar-refractivity contribution in [3.63, 3.8) is 0 Å². The van der Waals surface area contributed by atoms with Gasteiger partial charge in [-0.2, -0.15) is 0 Å². The highest BCUT2D eigenvalue weighted by atomic mass is 16.6. The molecule has 0 aliphatic rings. The lowest BCUT2D eigenvalue weighted by Gasteiger charge is -2.28. The van der Waals surface area contributed by atoms with Crippen molar-refractivity contribution in [2.24, 2.45) is 0 Å². The largest absolute Gasteiger partial charge is 0.497 e. The summed E-state index contributed by atoms with van der Waals surface area (Å²) in [4.78, 5) is 14.4. The number of anilines is 1. The van der Waals surface area contributed by atoms with Crippen molar-refractivity contribution in [2.45, 2.75) is 33.3 Å². The van der Waals surface area contributed by atoms with Gasteiger partial charge in [-0.05, 0) is 57.5 Å². The molecule has 4 heteroatoms. The van der Waals surface area contributed by atoms with E-state index in [1.807, 2.05) is 82.3 Å². The second-order valence-corrected chi connectivity index (χ2v) is 7.17. The molecule has 0 saturated carbocycles. The predicted octanol–water partition coefficient (Wildman–Crippen LogP) is 5.54. The van der Waals surface area contributed by atoms with Crippen LogP contribution in [0.5, 0.6) is 5.75 Å². The monoisotopic (exact) mass is 353 g/mol. The quantitative estimate of drug-likeness (QED) is 0.708. The Kier molecular flexibility index (Phi) is 6.45. The van der Waals surface area contributed by atoms with Crippen LogP contribution in [0.25, 0.3) is 6.08 Å². The van der Waals surface area contributed by atoms with Gasteiger partial charge in [0.2, 0.25) is 0 Å². The molecule has 0 aromatic heterocycles. The molecule has 0 aliphatic heterocycles. The number of amides is 1. The average Bonchev–Trinajstić information content (AvgIpc) is 2.59. The van der Waals surface area contributed by atoms with E-state index in [1.165, 1.54) is 0 Å². The number of hydrogen-bond acceptors (Lipinski definition) is 3. The molecule has 0 unspecified atom stereocenters. The Morgan fingerprint density at radius 1 is 1.04 bits per heavy atom. The van der Waals surface area contributed by atoms with Gasteiger partial charge in [-0.15, -0.1) is 0 Å². The first-order valence-electron chi connectivity index (χ1n) is 8.65. The summed E-state index contributed by atoms with van der Waals surface area (Å²) in [6.45, 7) is 8.04. The summed E-state index contributed by atoms with van der Waals surface area (Å²) in [5, 5.41) is 0. The first-order chi connectivity index (χ1) is 12.3. The van der Waals surface area contributed by atoms with Crippen molar-refractivity contribution in [1.82, 2.24) is 0 Å². The van der Waals surface area contributed by atoms with Crippen LogP contribution in [0, 0.1) is 0 Å². The third kappa shape index (κ3) is 5.96. The Bertz CT molecular complexity index is 743. The van der Waals surface area contributed by atoms with Crippen molar-refractivity contribution in [3.05, 3.63) is 65.7 Å². The van der Waals surface area contributed by atoms with Gasteiger partial charge in [0.1, 0.15) is 11.4 Å². The second kappa shape index (κ2) is 8.56. The maximum Gasteiger partial charge on any atom is 0.415 e. The summed E-state index contributed by atoms with van der Waals surface area (Å²) in [7, 11) is 1.62. The molecule has 0 aliphatic carbocycles. The number of benzene rings is 2. The van der Waals surface area contributed by atoms with Gasteiger partial charge in [-0.1, -0.05) is 42.0 Å². The number of ether oxygens (including phenoxy) is 2. The average molecular weight is 353 g/mol. The van der Waals surface area contributed by atoms with E-state index >= 15 is 0 Å². The summed E-state index contributed by atoms with van der Waals surface area (Å²) in [6.07, 6.45) is 1.70. The Morgan fingerprint density at radius 2 is 1.65 bits per heavy atom. The van der Waals surface area contributed by atoms with E-state index in [2.05, 4.69) is 6.08 Å². The molecule has 26 heavy (non-hydrogen) atoms. The second-order valence-electron chi connectivity index (χ2n) is 7.17. The molecule has 0 atom stereocenters. The van der Waals surface area contributed by atoms with Gasteiger partial charge in [0.25, 0.3) is 0 Å². The predicted molar refractivity (Wildman–Crippen MR) is 107 cm³/mol. The van der Waals surface area contributed by atoms with Crippen LogP contribution in [-0.2, 0) is 4.74 Å². The van der Waals surface area contributed by atoms with E-state index < -0.39 is 5.60 Å². The van der Waals surface area contributed by atoms with E-state index in [0.29, 0.717) is 6.54 Å². The molecule has 0 radical (unpaired) electrons. The van der Waals surface area contributed by atoms with Gasteiger partial charge in [0, 0.05) is 5.69 Å². The molecule has 1 amide bonds. The minimum atomic E-state index is -0.557. The van der Waals surface area contributed by atoms with Crippen LogP contribution in [0.1, 0.15) is 33.3 Å². The number of rotatable bonds is 5. The van der Waals surface area contributed by atoms with Gasteiger partial charge >= 0.3 is 6.09 Å². The van der Waals surface area contributed by atoms with E-state index in [0.717, 1.165) is 22.6 Å². The van der Waals surface area contributed by atoms with Crippen molar-refractivity contribution in [2.75, 3.05) is 18.6 Å². The Hall–Kier alpha value is -2.75. The maximum absolute atomic E-state index is 12.7. The highest BCUT2D eigenvalue weighted by molar-refractivity contribution is 5.88. The smallest absolute Gasteiger partial charge is 0.415 e. The molecule has 0 N–H and O–H groups in total. The molecule has 2 aromatic carbocycles. The van der Waals surface area contributed by atoms with Gasteiger partial charge in [-0.25, -0.2) is 4.79 Å². The summed E-state index contributed by atoms with van der Waals surface area (Å²) in [5.74, 6) is 0.745. The Balaban J connectivity index is 2.27. The number of carbonyl (C=O) groups excluding carboxylic acids is 1. The fourth-order valence-electron chi connectivity index (χ4n) is 2.47. The fourth-order valence-corrected chi connectivity index (χ4v) is 2.47. The molecule has 0 spiro atoms. The van der Waals surface area contributed by atoms with Crippen molar-refractivity contribution in [1.29, 1.82) is 0 Å². The standard InChI is InChI=1S/C22H27NO3/c1-17(15-18-9-7-6-8-10-18)16-23(21(24)26-22(2,3)4)19-11-13-20(25-5)14-12-19/h6-15H,16H2,1-5H3/b17-15+. The molecular weight excluding hydrogens is 326 g/mol. The molecule has 2 rings (SSSR count). The molecule has 0 bridgehead atoms. The number of nitrogens with zero attached hydrogens (tertiary/aromatic N) is 1. The lowest BCUT2D eigenvalue weighted by molar-refractivity contribution is 0.0583. The van der Waals surface area contributed by atoms with Gasteiger partial charge < -0.3 is 9.47 Å². The maximum atomic E-state index is 12.7. The van der Waals surface area contributed by atoms with Crippen LogP contribution >= 0.6 is 0 Å². The zero-order chi connectivity index (χ0) is 19.2. The highest BCUT2D eigenvalue weighted by Gasteiger charge is 2.23. The third-order valence-electron chi connectivity index (χ3n) is 3.62. The van der Waals surface area contributed by atoms with Crippen LogP contribution < -0.4 is 9.64 Å². The summed E-state index contributed by atoms with van der Waals surface area (Å²) in [6, 6.07) is 17.4. The lowest BCUT2D eigenvalue weighted by Crippen LogP contribution is -2.37. The first kappa shape index (κ1) is 19.6. The van der Waals surface area contributed by atoms with Crippen LogP contribution in [0.3, 0.4) is 0 Å². The van der Waals surface area contributed by atoms with E-state index in [1.54, 1.807) is 12.0 Å². The summed E-state index contributed by atoms with van der Waals surface area (Å²) >= 11 is 0. The fraction of sp³-hybridized carbons (Fsp3) is 0.318. The third-order valence-corrected chi connectivity index (χ3v) is 3.62. The normalized spacial score (nSPS) is 11.8. The van der Waals surface area contributed by atoms with Crippen LogP contribution in [-0.4, -0.2) is 25.3 Å². The van der Waals surface area contributed by atoms with Crippen LogP contribution in [0.15, 0.2) is 60.2 Å². The van der Waals surface area contributed by atoms with E-state index in [4.69, 9.17) is 9.47 Å². The van der Waals surface area contributed by atoms with Gasteiger partial charge in [0.05, 0.1) is 13.7 Å². The molecule has 0 heterocycles. The van der Waals surface area contributed by atoms with E-state index in [-0.39, 0.29) is 6.09 Å². The van der Waals surface area contributed by atoms with Crippen molar-refractivity contribution < 1.29 is 14.3 Å². The SMILES string of the molecule is COc1ccc(N(C/C(C)=C/c2ccccc2)C(=O)OC(C)(C)C)cc1. The Morgan fingerprint density at radius 3 is 2.19 bits per heavy atom. The van der Waals surface area contributed by atoms with Crippen molar-refractivity contribution >= 4 is 17.9 Å². The summed E-state index contributed by atoms with van der Waals surface area (Å²) in [5.41, 5.74) is 2.36. The van der Waals surface area contributed by atoms with Gasteiger partial charge in [0.15, 0.2) is 0 Å². The van der Waals surface area contributed by atoms with Gasteiger partial charge in [-0.3, -0.25) is 4.90 Å². The Labute approximate surface area is 156 Å². The zero-order valence-corrected chi connectivity index (χ0v) is 16.2. The van der Waals surface area contributed by atoms with E-state index in [9.17, 15) is 4.79 Å². The topological polar surface area (TPSA) is 38.8 Å². The minimum Gasteiger partial charge on any atom is -0.497 e. The molecule has 2 aromatic rings. The molecule has 138 valence electrons.